The van der Waals surface area contributed by atoms with E-state index in [1.165, 1.54) is 11.3 Å². The van der Waals surface area contributed by atoms with Crippen LogP contribution in [0.1, 0.15) is 48.8 Å². The highest BCUT2D eigenvalue weighted by atomic mass is 32.1. The van der Waals surface area contributed by atoms with Crippen molar-refractivity contribution >= 4 is 35.2 Å². The van der Waals surface area contributed by atoms with E-state index in [9.17, 15) is 19.2 Å². The number of hydrogen-bond acceptors (Lipinski definition) is 6. The Morgan fingerprint density at radius 2 is 2.08 bits per heavy atom. The van der Waals surface area contributed by atoms with E-state index in [2.05, 4.69) is 16.0 Å². The van der Waals surface area contributed by atoms with Gasteiger partial charge in [-0.1, -0.05) is 0 Å². The van der Waals surface area contributed by atoms with Crippen LogP contribution in [-0.4, -0.2) is 35.5 Å². The summed E-state index contributed by atoms with van der Waals surface area (Å²) in [5.41, 5.74) is 0.176. The molecular formula is C16H21N3O5S. The van der Waals surface area contributed by atoms with Crippen LogP contribution in [0.3, 0.4) is 0 Å². The average molecular weight is 367 g/mol. The molecule has 0 spiro atoms. The van der Waals surface area contributed by atoms with Gasteiger partial charge in [-0.15, -0.1) is 11.3 Å². The van der Waals surface area contributed by atoms with Crippen molar-refractivity contribution in [3.8, 4) is 0 Å². The predicted molar refractivity (Wildman–Crippen MR) is 91.0 cm³/mol. The first-order valence-electron chi connectivity index (χ1n) is 7.83. The average Bonchev–Trinajstić information content (AvgIpc) is 2.95. The molecule has 2 heterocycles. The predicted octanol–water partition coefficient (Wildman–Crippen LogP) is 1.31. The molecule has 1 aliphatic heterocycles. The lowest BCUT2D eigenvalue weighted by molar-refractivity contribution is -0.134. The van der Waals surface area contributed by atoms with Gasteiger partial charge in [-0.25, -0.2) is 4.79 Å². The van der Waals surface area contributed by atoms with E-state index < -0.39 is 23.6 Å². The van der Waals surface area contributed by atoms with Crippen LogP contribution in [-0.2, 0) is 20.9 Å². The van der Waals surface area contributed by atoms with E-state index in [4.69, 9.17) is 4.74 Å². The Morgan fingerprint density at radius 3 is 2.72 bits per heavy atom. The Kier molecular flexibility index (Phi) is 5.78. The fourth-order valence-corrected chi connectivity index (χ4v) is 2.95. The van der Waals surface area contributed by atoms with Crippen LogP contribution in [0.15, 0.2) is 11.4 Å². The number of carbonyl (C=O) groups is 4. The standard InChI is InChI=1S/C16H21N3O5S/c1-16(2,3)24-15(23)17-7-9-6-11(25-8-9)14(22)18-10-4-5-12(20)19-13(10)21/h6,8,10H,4-5,7H2,1-3H3,(H,17,23)(H,18,22)(H,19,20,21). The third kappa shape index (κ3) is 5.86. The summed E-state index contributed by atoms with van der Waals surface area (Å²) in [6, 6.07) is 0.930. The molecule has 4 amide bonds. The fraction of sp³-hybridized carbons (Fsp3) is 0.500. The minimum atomic E-state index is -0.712. The van der Waals surface area contributed by atoms with Crippen molar-refractivity contribution in [1.82, 2.24) is 16.0 Å². The van der Waals surface area contributed by atoms with Gasteiger partial charge in [0.15, 0.2) is 0 Å². The lowest BCUT2D eigenvalue weighted by atomic mass is 10.1. The molecule has 8 nitrogen and oxygen atoms in total. The molecule has 1 unspecified atom stereocenters. The van der Waals surface area contributed by atoms with Crippen LogP contribution in [0.2, 0.25) is 0 Å². The number of hydrogen-bond donors (Lipinski definition) is 3. The molecule has 1 aliphatic rings. The van der Waals surface area contributed by atoms with Crippen LogP contribution in [0.25, 0.3) is 0 Å². The van der Waals surface area contributed by atoms with E-state index in [0.717, 1.165) is 5.56 Å². The summed E-state index contributed by atoms with van der Waals surface area (Å²) in [5, 5.41) is 9.16. The van der Waals surface area contributed by atoms with Crippen LogP contribution in [0.5, 0.6) is 0 Å². The first-order chi connectivity index (χ1) is 11.6. The first-order valence-corrected chi connectivity index (χ1v) is 8.71. The number of amides is 4. The highest BCUT2D eigenvalue weighted by molar-refractivity contribution is 7.12. The first kappa shape index (κ1) is 18.9. The second-order valence-corrected chi connectivity index (χ2v) is 7.56. The van der Waals surface area contributed by atoms with Crippen molar-refractivity contribution in [1.29, 1.82) is 0 Å². The topological polar surface area (TPSA) is 114 Å². The number of carbonyl (C=O) groups excluding carboxylic acids is 4. The Balaban J connectivity index is 1.86. The summed E-state index contributed by atoms with van der Waals surface area (Å²) in [6.45, 7) is 5.55. The van der Waals surface area contributed by atoms with Gasteiger partial charge in [-0.2, -0.15) is 0 Å². The van der Waals surface area contributed by atoms with E-state index >= 15 is 0 Å². The van der Waals surface area contributed by atoms with Crippen molar-refractivity contribution in [2.24, 2.45) is 0 Å². The molecule has 2 rings (SSSR count). The van der Waals surface area contributed by atoms with Crippen molar-refractivity contribution in [3.05, 3.63) is 21.9 Å². The molecule has 1 fully saturated rings. The Labute approximate surface area is 149 Å². The molecule has 9 heteroatoms. The smallest absolute Gasteiger partial charge is 0.407 e. The third-order valence-electron chi connectivity index (χ3n) is 3.26. The van der Waals surface area contributed by atoms with Gasteiger partial charge in [0.25, 0.3) is 5.91 Å². The van der Waals surface area contributed by atoms with Crippen molar-refractivity contribution in [2.45, 2.75) is 51.8 Å². The molecule has 0 saturated carbocycles. The van der Waals surface area contributed by atoms with E-state index in [1.54, 1.807) is 32.2 Å². The molecule has 1 aromatic heterocycles. The lowest BCUT2D eigenvalue weighted by Gasteiger charge is -2.21. The van der Waals surface area contributed by atoms with Crippen molar-refractivity contribution in [2.75, 3.05) is 0 Å². The van der Waals surface area contributed by atoms with E-state index in [-0.39, 0.29) is 31.2 Å². The number of rotatable bonds is 4. The summed E-state index contributed by atoms with van der Waals surface area (Å²) in [7, 11) is 0. The molecule has 0 aromatic carbocycles. The Morgan fingerprint density at radius 1 is 1.36 bits per heavy atom. The van der Waals surface area contributed by atoms with Gasteiger partial charge in [0.1, 0.15) is 11.6 Å². The molecule has 3 N–H and O–H groups in total. The minimum absolute atomic E-state index is 0.201. The zero-order valence-corrected chi connectivity index (χ0v) is 15.1. The Hall–Kier alpha value is -2.42. The summed E-state index contributed by atoms with van der Waals surface area (Å²) >= 11 is 1.21. The summed E-state index contributed by atoms with van der Waals surface area (Å²) in [4.78, 5) is 47.0. The molecule has 0 bridgehead atoms. The third-order valence-corrected chi connectivity index (χ3v) is 4.24. The molecule has 25 heavy (non-hydrogen) atoms. The van der Waals surface area contributed by atoms with Crippen molar-refractivity contribution < 1.29 is 23.9 Å². The highest BCUT2D eigenvalue weighted by Crippen LogP contribution is 2.16. The number of ether oxygens (including phenoxy) is 1. The largest absolute Gasteiger partial charge is 0.444 e. The van der Waals surface area contributed by atoms with Gasteiger partial charge in [0.05, 0.1) is 4.88 Å². The highest BCUT2D eigenvalue weighted by Gasteiger charge is 2.28. The van der Waals surface area contributed by atoms with Gasteiger partial charge in [-0.05, 0) is 44.2 Å². The summed E-state index contributed by atoms with van der Waals surface area (Å²) in [5.74, 6) is -1.21. The van der Waals surface area contributed by atoms with Crippen LogP contribution in [0, 0.1) is 0 Å². The molecule has 1 saturated heterocycles. The SMILES string of the molecule is CC(C)(C)OC(=O)NCc1csc(C(=O)NC2CCC(=O)NC2=O)c1. The van der Waals surface area contributed by atoms with Gasteiger partial charge in [-0.3, -0.25) is 19.7 Å². The van der Waals surface area contributed by atoms with Crippen LogP contribution >= 0.6 is 11.3 Å². The summed E-state index contributed by atoms with van der Waals surface area (Å²) in [6.07, 6.45) is -0.0469. The van der Waals surface area contributed by atoms with Gasteiger partial charge in [0.2, 0.25) is 11.8 Å². The molecular weight excluding hydrogens is 346 g/mol. The second-order valence-electron chi connectivity index (χ2n) is 6.65. The zero-order valence-electron chi connectivity index (χ0n) is 14.3. The van der Waals surface area contributed by atoms with Crippen molar-refractivity contribution in [3.63, 3.8) is 0 Å². The minimum Gasteiger partial charge on any atom is -0.444 e. The fourth-order valence-electron chi connectivity index (χ4n) is 2.14. The van der Waals surface area contributed by atoms with Gasteiger partial charge in [0, 0.05) is 13.0 Å². The maximum absolute atomic E-state index is 12.2. The normalized spacial score (nSPS) is 17.6. The zero-order chi connectivity index (χ0) is 18.6. The van der Waals surface area contributed by atoms with Gasteiger partial charge >= 0.3 is 6.09 Å². The van der Waals surface area contributed by atoms with Crippen LogP contribution < -0.4 is 16.0 Å². The monoisotopic (exact) mass is 367 g/mol. The number of imide groups is 1. The molecule has 0 aliphatic carbocycles. The summed E-state index contributed by atoms with van der Waals surface area (Å²) < 4.78 is 5.14. The van der Waals surface area contributed by atoms with E-state index in [1.807, 2.05) is 0 Å². The van der Waals surface area contributed by atoms with Crippen LogP contribution in [0.4, 0.5) is 4.79 Å². The second kappa shape index (κ2) is 7.64. The quantitative estimate of drug-likeness (QED) is 0.694. The number of piperidine rings is 1. The number of alkyl carbamates (subject to hydrolysis) is 1. The maximum Gasteiger partial charge on any atom is 0.407 e. The molecule has 0 radical (unpaired) electrons. The van der Waals surface area contributed by atoms with E-state index in [0.29, 0.717) is 4.88 Å². The molecule has 1 atom stereocenters. The Bertz CT molecular complexity index is 692. The maximum atomic E-state index is 12.2. The van der Waals surface area contributed by atoms with Gasteiger partial charge < -0.3 is 15.4 Å². The molecule has 1 aromatic rings. The number of nitrogens with one attached hydrogen (secondary N) is 3. The number of thiophene rings is 1. The lowest BCUT2D eigenvalue weighted by Crippen LogP contribution is -2.52. The molecule has 136 valence electrons.